The van der Waals surface area contributed by atoms with Gasteiger partial charge in [0.05, 0.1) is 0 Å². The van der Waals surface area contributed by atoms with Gasteiger partial charge in [-0.25, -0.2) is 19.2 Å². The highest BCUT2D eigenvalue weighted by atomic mass is 32.2. The van der Waals surface area contributed by atoms with Crippen molar-refractivity contribution < 1.29 is 8.42 Å². The van der Waals surface area contributed by atoms with Crippen LogP contribution in [0.3, 0.4) is 0 Å². The molecular weight excluding hydrogens is 264 g/mol. The highest BCUT2D eigenvalue weighted by Gasteiger charge is 2.25. The summed E-state index contributed by atoms with van der Waals surface area (Å²) in [6, 6.07) is 2.97. The second-order valence-corrected chi connectivity index (χ2v) is 7.02. The summed E-state index contributed by atoms with van der Waals surface area (Å²) in [5.74, 6) is 6.07. The van der Waals surface area contributed by atoms with Gasteiger partial charge in [0.25, 0.3) is 0 Å². The SMILES string of the molecule is CC(C)CC(C)N(C)S(=O)(=O)c1ccc(NN)nc1. The van der Waals surface area contributed by atoms with Gasteiger partial charge in [-0.15, -0.1) is 0 Å². The lowest BCUT2D eigenvalue weighted by atomic mass is 10.1. The molecule has 0 amide bonds. The number of pyridine rings is 1. The number of nitrogens with zero attached hydrogens (tertiary/aromatic N) is 2. The van der Waals surface area contributed by atoms with Gasteiger partial charge < -0.3 is 5.43 Å². The van der Waals surface area contributed by atoms with Crippen molar-refractivity contribution in [1.82, 2.24) is 9.29 Å². The van der Waals surface area contributed by atoms with E-state index in [4.69, 9.17) is 5.84 Å². The van der Waals surface area contributed by atoms with E-state index < -0.39 is 10.0 Å². The van der Waals surface area contributed by atoms with E-state index >= 15 is 0 Å². The highest BCUT2D eigenvalue weighted by Crippen LogP contribution is 2.19. The number of rotatable bonds is 6. The van der Waals surface area contributed by atoms with Gasteiger partial charge in [-0.1, -0.05) is 13.8 Å². The lowest BCUT2D eigenvalue weighted by Gasteiger charge is -2.25. The van der Waals surface area contributed by atoms with Crippen molar-refractivity contribution in [3.05, 3.63) is 18.3 Å². The number of nitrogen functional groups attached to an aromatic ring is 1. The van der Waals surface area contributed by atoms with E-state index in [1.807, 2.05) is 6.92 Å². The predicted molar refractivity (Wildman–Crippen MR) is 75.9 cm³/mol. The van der Waals surface area contributed by atoms with Crippen molar-refractivity contribution in [2.24, 2.45) is 11.8 Å². The summed E-state index contributed by atoms with van der Waals surface area (Å²) in [5, 5.41) is 0. The average Bonchev–Trinajstić information content (AvgIpc) is 2.37. The zero-order chi connectivity index (χ0) is 14.6. The van der Waals surface area contributed by atoms with Gasteiger partial charge in [-0.3, -0.25) is 0 Å². The van der Waals surface area contributed by atoms with Crippen molar-refractivity contribution in [2.45, 2.75) is 38.1 Å². The minimum absolute atomic E-state index is 0.0580. The summed E-state index contributed by atoms with van der Waals surface area (Å²) in [6.07, 6.45) is 2.12. The van der Waals surface area contributed by atoms with E-state index in [-0.39, 0.29) is 10.9 Å². The minimum Gasteiger partial charge on any atom is -0.308 e. The van der Waals surface area contributed by atoms with Crippen LogP contribution in [0.1, 0.15) is 27.2 Å². The zero-order valence-electron chi connectivity index (χ0n) is 11.8. The number of hydrogen-bond donors (Lipinski definition) is 2. The van der Waals surface area contributed by atoms with Gasteiger partial charge in [0.1, 0.15) is 10.7 Å². The molecule has 7 heteroatoms. The van der Waals surface area contributed by atoms with Gasteiger partial charge in [0.2, 0.25) is 10.0 Å². The summed E-state index contributed by atoms with van der Waals surface area (Å²) in [6.45, 7) is 6.04. The smallest absolute Gasteiger partial charge is 0.244 e. The molecule has 1 aromatic rings. The maximum absolute atomic E-state index is 12.4. The summed E-state index contributed by atoms with van der Waals surface area (Å²) in [4.78, 5) is 4.10. The maximum Gasteiger partial charge on any atom is 0.244 e. The highest BCUT2D eigenvalue weighted by molar-refractivity contribution is 7.89. The van der Waals surface area contributed by atoms with Gasteiger partial charge in [-0.05, 0) is 31.4 Å². The lowest BCUT2D eigenvalue weighted by molar-refractivity contribution is 0.337. The number of nitrogens with two attached hydrogens (primary N) is 1. The van der Waals surface area contributed by atoms with Crippen molar-refractivity contribution in [1.29, 1.82) is 0 Å². The molecule has 0 bridgehead atoms. The molecule has 1 unspecified atom stereocenters. The molecule has 0 radical (unpaired) electrons. The molecule has 0 saturated carbocycles. The molecule has 0 spiro atoms. The fourth-order valence-electron chi connectivity index (χ4n) is 1.85. The van der Waals surface area contributed by atoms with Crippen molar-refractivity contribution in [2.75, 3.05) is 12.5 Å². The first-order valence-electron chi connectivity index (χ1n) is 6.19. The van der Waals surface area contributed by atoms with E-state index in [9.17, 15) is 8.42 Å². The number of hydrogen-bond acceptors (Lipinski definition) is 5. The molecule has 1 rings (SSSR count). The van der Waals surface area contributed by atoms with Crippen LogP contribution in [-0.2, 0) is 10.0 Å². The first-order chi connectivity index (χ1) is 8.78. The van der Waals surface area contributed by atoms with Crippen LogP contribution in [0.5, 0.6) is 0 Å². The second kappa shape index (κ2) is 6.31. The Morgan fingerprint density at radius 2 is 2.00 bits per heavy atom. The van der Waals surface area contributed by atoms with E-state index in [2.05, 4.69) is 24.3 Å². The number of sulfonamides is 1. The Kier molecular flexibility index (Phi) is 5.28. The number of anilines is 1. The van der Waals surface area contributed by atoms with Gasteiger partial charge in [-0.2, -0.15) is 4.31 Å². The molecule has 0 aliphatic rings. The molecule has 0 saturated heterocycles. The van der Waals surface area contributed by atoms with Crippen LogP contribution >= 0.6 is 0 Å². The molecule has 0 aliphatic heterocycles. The van der Waals surface area contributed by atoms with Gasteiger partial charge in [0, 0.05) is 19.3 Å². The van der Waals surface area contributed by atoms with Gasteiger partial charge in [0.15, 0.2) is 0 Å². The topological polar surface area (TPSA) is 88.3 Å². The number of aromatic nitrogens is 1. The molecule has 6 nitrogen and oxygen atoms in total. The van der Waals surface area contributed by atoms with Crippen LogP contribution in [0, 0.1) is 5.92 Å². The molecule has 1 aromatic heterocycles. The van der Waals surface area contributed by atoms with Crippen LogP contribution in [0.25, 0.3) is 0 Å². The Bertz CT molecular complexity index is 499. The van der Waals surface area contributed by atoms with Gasteiger partial charge >= 0.3 is 0 Å². The van der Waals surface area contributed by atoms with E-state index in [1.54, 1.807) is 7.05 Å². The number of nitrogens with one attached hydrogen (secondary N) is 1. The van der Waals surface area contributed by atoms with Crippen LogP contribution in [0.2, 0.25) is 0 Å². The Morgan fingerprint density at radius 3 is 2.42 bits per heavy atom. The third-order valence-electron chi connectivity index (χ3n) is 2.99. The average molecular weight is 286 g/mol. The zero-order valence-corrected chi connectivity index (χ0v) is 12.6. The van der Waals surface area contributed by atoms with E-state index in [0.29, 0.717) is 11.7 Å². The molecule has 0 aromatic carbocycles. The van der Waals surface area contributed by atoms with Crippen LogP contribution < -0.4 is 11.3 Å². The van der Waals surface area contributed by atoms with Crippen molar-refractivity contribution >= 4 is 15.8 Å². The standard InChI is InChI=1S/C12H22N4O2S/c1-9(2)7-10(3)16(4)19(17,18)11-5-6-12(15-13)14-8-11/h5-6,8-10H,7,13H2,1-4H3,(H,14,15). The maximum atomic E-state index is 12.4. The van der Waals surface area contributed by atoms with Crippen molar-refractivity contribution in [3.8, 4) is 0 Å². The first kappa shape index (κ1) is 15.9. The molecular formula is C12H22N4O2S. The molecule has 3 N–H and O–H groups in total. The normalized spacial score (nSPS) is 13.8. The third kappa shape index (κ3) is 3.89. The second-order valence-electron chi connectivity index (χ2n) is 5.02. The molecule has 1 heterocycles. The summed E-state index contributed by atoms with van der Waals surface area (Å²) in [7, 11) is -1.91. The van der Waals surface area contributed by atoms with E-state index in [1.165, 1.54) is 22.6 Å². The summed E-state index contributed by atoms with van der Waals surface area (Å²) in [5.41, 5.74) is 2.36. The molecule has 0 fully saturated rings. The fourth-order valence-corrected chi connectivity index (χ4v) is 3.17. The monoisotopic (exact) mass is 286 g/mol. The molecule has 108 valence electrons. The number of hydrazine groups is 1. The largest absolute Gasteiger partial charge is 0.308 e. The molecule has 19 heavy (non-hydrogen) atoms. The van der Waals surface area contributed by atoms with Crippen LogP contribution in [0.15, 0.2) is 23.2 Å². The Labute approximate surface area is 115 Å². The summed E-state index contributed by atoms with van der Waals surface area (Å²) < 4.78 is 26.2. The Hall–Kier alpha value is -1.18. The van der Waals surface area contributed by atoms with Crippen LogP contribution in [-0.4, -0.2) is 30.8 Å². The molecule has 0 aliphatic carbocycles. The quantitative estimate of drug-likeness (QED) is 0.610. The van der Waals surface area contributed by atoms with Crippen LogP contribution in [0.4, 0.5) is 5.82 Å². The Balaban J connectivity index is 2.95. The third-order valence-corrected chi connectivity index (χ3v) is 4.95. The fraction of sp³-hybridized carbons (Fsp3) is 0.583. The first-order valence-corrected chi connectivity index (χ1v) is 7.63. The van der Waals surface area contributed by atoms with E-state index in [0.717, 1.165) is 6.42 Å². The Morgan fingerprint density at radius 1 is 1.37 bits per heavy atom. The predicted octanol–water partition coefficient (Wildman–Crippen LogP) is 1.42. The lowest BCUT2D eigenvalue weighted by Crippen LogP contribution is -2.36. The molecule has 1 atom stereocenters. The minimum atomic E-state index is -3.51. The summed E-state index contributed by atoms with van der Waals surface area (Å²) >= 11 is 0. The van der Waals surface area contributed by atoms with Crippen molar-refractivity contribution in [3.63, 3.8) is 0 Å².